The van der Waals surface area contributed by atoms with Crippen LogP contribution in [-0.2, 0) is 4.79 Å². The Morgan fingerprint density at radius 1 is 1.47 bits per heavy atom. The van der Waals surface area contributed by atoms with Crippen molar-refractivity contribution < 1.29 is 9.59 Å². The smallest absolute Gasteiger partial charge is 0.244 e. The van der Waals surface area contributed by atoms with E-state index in [1.807, 2.05) is 0 Å². The third-order valence-electron chi connectivity index (χ3n) is 3.72. The molecule has 0 saturated heterocycles. The maximum Gasteiger partial charge on any atom is 0.244 e. The highest BCUT2D eigenvalue weighted by molar-refractivity contribution is 7.57. The van der Waals surface area contributed by atoms with Crippen LogP contribution in [0.5, 0.6) is 0 Å². The van der Waals surface area contributed by atoms with Gasteiger partial charge in [-0.15, -0.1) is 0 Å². The fourth-order valence-electron chi connectivity index (χ4n) is 2.65. The lowest BCUT2D eigenvalue weighted by molar-refractivity contribution is -0.126. The van der Waals surface area contributed by atoms with E-state index in [0.717, 1.165) is 12.8 Å². The Kier molecular flexibility index (Phi) is 3.67. The Morgan fingerprint density at radius 3 is 2.76 bits per heavy atom. The second-order valence-electron chi connectivity index (χ2n) is 5.37. The summed E-state index contributed by atoms with van der Waals surface area (Å²) in [4.78, 5) is 23.1. The first-order chi connectivity index (χ1) is 8.04. The largest absolute Gasteiger partial charge is 0.293 e. The van der Waals surface area contributed by atoms with E-state index in [4.69, 9.17) is 0 Å². The maximum atomic E-state index is 11.9. The molecule has 0 aliphatic heterocycles. The van der Waals surface area contributed by atoms with E-state index in [0.29, 0.717) is 17.8 Å². The molecule has 0 bridgehead atoms. The van der Waals surface area contributed by atoms with Gasteiger partial charge < -0.3 is 0 Å². The van der Waals surface area contributed by atoms with Crippen LogP contribution in [0.3, 0.4) is 0 Å². The summed E-state index contributed by atoms with van der Waals surface area (Å²) in [7, 11) is 0.147. The molecule has 17 heavy (non-hydrogen) atoms. The third kappa shape index (κ3) is 2.60. The molecule has 3 unspecified atom stereocenters. The van der Waals surface area contributed by atoms with Gasteiger partial charge in [-0.3, -0.25) is 14.9 Å². The first kappa shape index (κ1) is 12.8. The highest BCUT2D eigenvalue weighted by Crippen LogP contribution is 2.59. The number of carbonyl (C=O) groups is 2. The van der Waals surface area contributed by atoms with E-state index in [2.05, 4.69) is 25.2 Å². The van der Waals surface area contributed by atoms with Gasteiger partial charge in [0.15, 0.2) is 0 Å². The van der Waals surface area contributed by atoms with Gasteiger partial charge >= 0.3 is 0 Å². The summed E-state index contributed by atoms with van der Waals surface area (Å²) in [6, 6.07) is 0. The van der Waals surface area contributed by atoms with Gasteiger partial charge in [-0.25, -0.2) is 0 Å². The van der Waals surface area contributed by atoms with Crippen LogP contribution >= 0.6 is 8.58 Å². The van der Waals surface area contributed by atoms with Gasteiger partial charge in [-0.2, -0.15) is 0 Å². The number of carbonyl (C=O) groups excluding carboxylic acids is 2. The third-order valence-corrected chi connectivity index (χ3v) is 4.30. The standard InChI is InChI=1S/C13H20NO2P/c1-7(2)4-5-8-9-6-10(9)11(8)12(15)14-13(16)17-3/h6-9,11,17H,4-5H2,1-3H3,(H,14,15,16)/t8?,9-,11?/m1/s1. The predicted octanol–water partition coefficient (Wildman–Crippen LogP) is 2.77. The second-order valence-corrected chi connectivity index (χ2v) is 6.33. The van der Waals surface area contributed by atoms with Crippen molar-refractivity contribution in [1.29, 1.82) is 0 Å². The Balaban J connectivity index is 1.85. The molecular formula is C13H20NO2P. The zero-order chi connectivity index (χ0) is 12.6. The van der Waals surface area contributed by atoms with E-state index >= 15 is 0 Å². The van der Waals surface area contributed by atoms with Gasteiger partial charge in [-0.05, 0) is 33.5 Å². The molecule has 4 heteroatoms. The fraction of sp³-hybridized carbons (Fsp3) is 0.692. The minimum atomic E-state index is -0.137. The van der Waals surface area contributed by atoms with Crippen LogP contribution in [-0.4, -0.2) is 18.2 Å². The minimum Gasteiger partial charge on any atom is -0.293 e. The van der Waals surface area contributed by atoms with Crippen LogP contribution in [0, 0.1) is 23.7 Å². The highest BCUT2D eigenvalue weighted by Gasteiger charge is 2.55. The summed E-state index contributed by atoms with van der Waals surface area (Å²) >= 11 is 0. The molecule has 0 aromatic carbocycles. The van der Waals surface area contributed by atoms with Crippen LogP contribution in [0.4, 0.5) is 4.79 Å². The first-order valence-electron chi connectivity index (χ1n) is 6.28. The Labute approximate surface area is 104 Å². The van der Waals surface area contributed by atoms with Crippen molar-refractivity contribution in [3.8, 4) is 0 Å². The van der Waals surface area contributed by atoms with Crippen molar-refractivity contribution in [3.63, 3.8) is 0 Å². The highest BCUT2D eigenvalue weighted by atomic mass is 31.1. The maximum absolute atomic E-state index is 11.9. The fourth-order valence-corrected chi connectivity index (χ4v) is 2.90. The van der Waals surface area contributed by atoms with Crippen molar-refractivity contribution in [3.05, 3.63) is 11.6 Å². The lowest BCUT2D eigenvalue weighted by Crippen LogP contribution is -2.43. The van der Waals surface area contributed by atoms with Gasteiger partial charge in [0.2, 0.25) is 11.6 Å². The number of imide groups is 1. The van der Waals surface area contributed by atoms with E-state index in [9.17, 15) is 9.59 Å². The molecule has 1 saturated carbocycles. The number of fused-ring (bicyclic) bond motifs is 1. The molecule has 0 heterocycles. The van der Waals surface area contributed by atoms with Gasteiger partial charge in [0.25, 0.3) is 0 Å². The summed E-state index contributed by atoms with van der Waals surface area (Å²) in [5, 5.41) is 2.50. The quantitative estimate of drug-likeness (QED) is 0.605. The molecule has 0 aromatic heterocycles. The first-order valence-corrected chi connectivity index (χ1v) is 7.78. The number of allylic oxidation sites excluding steroid dienone is 1. The monoisotopic (exact) mass is 253 g/mol. The number of hydrogen-bond acceptors (Lipinski definition) is 2. The van der Waals surface area contributed by atoms with Crippen LogP contribution < -0.4 is 5.32 Å². The zero-order valence-corrected chi connectivity index (χ0v) is 11.6. The summed E-state index contributed by atoms with van der Waals surface area (Å²) in [6.07, 6.45) is 4.45. The van der Waals surface area contributed by atoms with Crippen molar-refractivity contribution in [2.75, 3.05) is 6.66 Å². The molecule has 0 aromatic rings. The van der Waals surface area contributed by atoms with E-state index in [-0.39, 0.29) is 26.1 Å². The van der Waals surface area contributed by atoms with Gasteiger partial charge in [-0.1, -0.05) is 31.9 Å². The molecule has 2 amide bonds. The van der Waals surface area contributed by atoms with E-state index < -0.39 is 0 Å². The number of nitrogens with one attached hydrogen (secondary N) is 1. The lowest BCUT2D eigenvalue weighted by Gasteiger charge is -2.34. The molecule has 0 spiro atoms. The lowest BCUT2D eigenvalue weighted by atomic mass is 9.69. The van der Waals surface area contributed by atoms with Gasteiger partial charge in [0.05, 0.1) is 5.92 Å². The van der Waals surface area contributed by atoms with Crippen LogP contribution in [0.15, 0.2) is 11.6 Å². The Bertz CT molecular complexity index is 376. The van der Waals surface area contributed by atoms with Crippen LogP contribution in [0.2, 0.25) is 0 Å². The predicted molar refractivity (Wildman–Crippen MR) is 70.4 cm³/mol. The van der Waals surface area contributed by atoms with Crippen molar-refractivity contribution >= 4 is 20.1 Å². The van der Waals surface area contributed by atoms with Crippen molar-refractivity contribution in [1.82, 2.24) is 5.32 Å². The molecule has 2 aliphatic rings. The second kappa shape index (κ2) is 4.89. The number of hydrogen-bond donors (Lipinski definition) is 1. The molecule has 94 valence electrons. The summed E-state index contributed by atoms with van der Waals surface area (Å²) in [5.41, 5.74) is 1.13. The normalized spacial score (nSPS) is 29.9. The SMILES string of the molecule is CPC(=O)NC(=O)C1C2=C[C@@H]2C1CCC(C)C. The summed E-state index contributed by atoms with van der Waals surface area (Å²) in [6.45, 7) is 6.20. The van der Waals surface area contributed by atoms with Gasteiger partial charge in [0.1, 0.15) is 0 Å². The average Bonchev–Trinajstić information content (AvgIpc) is 2.92. The summed E-state index contributed by atoms with van der Waals surface area (Å²) < 4.78 is 0. The molecule has 4 atom stereocenters. The molecule has 2 aliphatic carbocycles. The molecule has 1 N–H and O–H groups in total. The van der Waals surface area contributed by atoms with Crippen molar-refractivity contribution in [2.45, 2.75) is 26.7 Å². The molecule has 0 radical (unpaired) electrons. The topological polar surface area (TPSA) is 46.2 Å². The Morgan fingerprint density at radius 2 is 2.18 bits per heavy atom. The van der Waals surface area contributed by atoms with Gasteiger partial charge in [0, 0.05) is 5.92 Å². The summed E-state index contributed by atoms with van der Waals surface area (Å²) in [5.74, 6) is 1.65. The molecule has 3 nitrogen and oxygen atoms in total. The average molecular weight is 253 g/mol. The molecule has 1 fully saturated rings. The van der Waals surface area contributed by atoms with Crippen LogP contribution in [0.25, 0.3) is 0 Å². The zero-order valence-electron chi connectivity index (χ0n) is 10.6. The van der Waals surface area contributed by atoms with Crippen molar-refractivity contribution in [2.24, 2.45) is 23.7 Å². The van der Waals surface area contributed by atoms with E-state index in [1.54, 1.807) is 6.66 Å². The molecule has 2 rings (SSSR count). The number of rotatable bonds is 5. The minimum absolute atomic E-state index is 0.000880. The molecular weight excluding hydrogens is 233 g/mol. The number of amides is 2. The van der Waals surface area contributed by atoms with Crippen LogP contribution in [0.1, 0.15) is 26.7 Å². The van der Waals surface area contributed by atoms with E-state index in [1.165, 1.54) is 5.57 Å². The Hall–Kier alpha value is -0.690.